The Morgan fingerprint density at radius 3 is 2.32 bits per heavy atom. The molecule has 0 fully saturated rings. The van der Waals surface area contributed by atoms with Gasteiger partial charge in [0.15, 0.2) is 11.5 Å². The van der Waals surface area contributed by atoms with Crippen LogP contribution in [0.4, 0.5) is 0 Å². The lowest BCUT2D eigenvalue weighted by Crippen LogP contribution is -1.83. The molecule has 0 radical (unpaired) electrons. The Labute approximate surface area is 109 Å². The van der Waals surface area contributed by atoms with E-state index in [0.717, 1.165) is 10.9 Å². The summed E-state index contributed by atoms with van der Waals surface area (Å²) in [6.07, 6.45) is 1.65. The lowest BCUT2D eigenvalue weighted by atomic mass is 9.97. The van der Waals surface area contributed by atoms with Gasteiger partial charge in [-0.2, -0.15) is 0 Å². The predicted octanol–water partition coefficient (Wildman–Crippen LogP) is 3.75. The van der Waals surface area contributed by atoms with Crippen LogP contribution < -0.4 is 0 Å². The zero-order chi connectivity index (χ0) is 13.6. The summed E-state index contributed by atoms with van der Waals surface area (Å²) in [5, 5.41) is 32.3. The van der Waals surface area contributed by atoms with Gasteiger partial charge in [-0.05, 0) is 28.5 Å². The van der Waals surface area contributed by atoms with Crippen LogP contribution in [-0.4, -0.2) is 15.3 Å². The Hall–Kier alpha value is -2.68. The molecule has 0 aliphatic heterocycles. The fraction of sp³-hybridized carbons (Fsp3) is 0. The van der Waals surface area contributed by atoms with Gasteiger partial charge in [0.1, 0.15) is 5.75 Å². The molecule has 3 rings (SSSR count). The minimum Gasteiger partial charge on any atom is -0.506 e. The lowest BCUT2D eigenvalue weighted by molar-refractivity contribution is 0.406. The molecular formula is C16H12O3. The van der Waals surface area contributed by atoms with Gasteiger partial charge < -0.3 is 15.3 Å². The molecule has 3 aromatic rings. The summed E-state index contributed by atoms with van der Waals surface area (Å²) in [5.74, 6) is -0.606. The third-order valence-corrected chi connectivity index (χ3v) is 3.32. The van der Waals surface area contributed by atoms with Crippen LogP contribution in [0.25, 0.3) is 27.6 Å². The maximum Gasteiger partial charge on any atom is 0.169 e. The van der Waals surface area contributed by atoms with E-state index < -0.39 is 0 Å². The molecule has 0 heterocycles. The maximum atomic E-state index is 10.4. The molecule has 3 N–H and O–H groups in total. The topological polar surface area (TPSA) is 60.7 Å². The van der Waals surface area contributed by atoms with Crippen molar-refractivity contribution in [1.29, 1.82) is 0 Å². The number of hydrogen-bond acceptors (Lipinski definition) is 3. The molecule has 0 spiro atoms. The van der Waals surface area contributed by atoms with Crippen molar-refractivity contribution in [2.45, 2.75) is 0 Å². The number of hydrogen-bond donors (Lipinski definition) is 3. The van der Waals surface area contributed by atoms with E-state index in [1.807, 2.05) is 24.3 Å². The molecule has 3 aromatic carbocycles. The van der Waals surface area contributed by atoms with Gasteiger partial charge in [0, 0.05) is 5.39 Å². The van der Waals surface area contributed by atoms with Gasteiger partial charge in [-0.25, -0.2) is 0 Å². The summed E-state index contributed by atoms with van der Waals surface area (Å²) in [5.41, 5.74) is 0.777. The van der Waals surface area contributed by atoms with Crippen molar-refractivity contribution in [2.75, 3.05) is 0 Å². The average Bonchev–Trinajstić information content (AvgIpc) is 2.42. The maximum absolute atomic E-state index is 10.4. The van der Waals surface area contributed by atoms with Crippen LogP contribution in [0.1, 0.15) is 5.56 Å². The first-order chi connectivity index (χ1) is 9.13. The fourth-order valence-corrected chi connectivity index (χ4v) is 2.41. The number of rotatable bonds is 1. The van der Waals surface area contributed by atoms with E-state index >= 15 is 0 Å². The highest BCUT2D eigenvalue weighted by molar-refractivity contribution is 6.10. The number of fused-ring (bicyclic) bond motifs is 2. The van der Waals surface area contributed by atoms with Crippen molar-refractivity contribution in [2.24, 2.45) is 0 Å². The zero-order valence-corrected chi connectivity index (χ0v) is 10.1. The quantitative estimate of drug-likeness (QED) is 0.456. The second kappa shape index (κ2) is 3.92. The Balaban J connectivity index is 2.62. The van der Waals surface area contributed by atoms with Crippen LogP contribution in [0.15, 0.2) is 43.0 Å². The lowest BCUT2D eigenvalue weighted by Gasteiger charge is -2.11. The largest absolute Gasteiger partial charge is 0.506 e. The molecular weight excluding hydrogens is 240 g/mol. The molecule has 0 aliphatic rings. The third-order valence-electron chi connectivity index (χ3n) is 3.32. The van der Waals surface area contributed by atoms with Gasteiger partial charge in [0.05, 0.1) is 5.39 Å². The van der Waals surface area contributed by atoms with E-state index in [4.69, 9.17) is 0 Å². The van der Waals surface area contributed by atoms with Crippen LogP contribution >= 0.6 is 0 Å². The second-order valence-electron chi connectivity index (χ2n) is 4.41. The molecule has 0 atom stereocenters. The molecule has 94 valence electrons. The molecule has 0 aromatic heterocycles. The van der Waals surface area contributed by atoms with E-state index in [9.17, 15) is 15.3 Å². The van der Waals surface area contributed by atoms with Crippen molar-refractivity contribution < 1.29 is 15.3 Å². The highest BCUT2D eigenvalue weighted by Gasteiger charge is 2.14. The summed E-state index contributed by atoms with van der Waals surface area (Å²) >= 11 is 0. The van der Waals surface area contributed by atoms with Crippen molar-refractivity contribution in [1.82, 2.24) is 0 Å². The van der Waals surface area contributed by atoms with Crippen molar-refractivity contribution in [3.63, 3.8) is 0 Å². The average molecular weight is 252 g/mol. The first kappa shape index (κ1) is 11.4. The number of aromatic hydroxyl groups is 3. The Kier molecular flexibility index (Phi) is 2.35. The molecule has 3 heteroatoms. The standard InChI is InChI=1S/C16H12O3/c1-2-9-4-3-5-10-8-11-6-7-12(17)15(18)14(11)16(19)13(9)10/h2-8,17-19H,1H2. The van der Waals surface area contributed by atoms with Gasteiger partial charge in [-0.15, -0.1) is 0 Å². The summed E-state index contributed by atoms with van der Waals surface area (Å²) in [6.45, 7) is 3.72. The normalized spacial score (nSPS) is 10.9. The summed E-state index contributed by atoms with van der Waals surface area (Å²) in [6, 6.07) is 10.5. The van der Waals surface area contributed by atoms with E-state index in [1.54, 1.807) is 12.1 Å². The Bertz CT molecular complexity index is 819. The molecule has 19 heavy (non-hydrogen) atoms. The van der Waals surface area contributed by atoms with Crippen LogP contribution in [0, 0.1) is 0 Å². The predicted molar refractivity (Wildman–Crippen MR) is 76.5 cm³/mol. The molecule has 3 nitrogen and oxygen atoms in total. The van der Waals surface area contributed by atoms with Gasteiger partial charge in [0.2, 0.25) is 0 Å². The molecule has 0 aliphatic carbocycles. The molecule has 0 unspecified atom stereocenters. The van der Waals surface area contributed by atoms with Crippen molar-refractivity contribution >= 4 is 27.6 Å². The fourth-order valence-electron chi connectivity index (χ4n) is 2.41. The number of benzene rings is 3. The Morgan fingerprint density at radius 2 is 1.58 bits per heavy atom. The monoisotopic (exact) mass is 252 g/mol. The van der Waals surface area contributed by atoms with E-state index in [1.165, 1.54) is 6.07 Å². The summed E-state index contributed by atoms with van der Waals surface area (Å²) < 4.78 is 0. The van der Waals surface area contributed by atoms with Gasteiger partial charge in [-0.1, -0.05) is 36.9 Å². The smallest absolute Gasteiger partial charge is 0.169 e. The first-order valence-electron chi connectivity index (χ1n) is 5.85. The van der Waals surface area contributed by atoms with Gasteiger partial charge in [-0.3, -0.25) is 0 Å². The second-order valence-corrected chi connectivity index (χ2v) is 4.41. The van der Waals surface area contributed by atoms with Crippen molar-refractivity contribution in [3.8, 4) is 17.2 Å². The Morgan fingerprint density at radius 1 is 0.842 bits per heavy atom. The number of phenolic OH excluding ortho intramolecular Hbond substituents is 3. The van der Waals surface area contributed by atoms with Crippen LogP contribution in [0.2, 0.25) is 0 Å². The zero-order valence-electron chi connectivity index (χ0n) is 10.1. The van der Waals surface area contributed by atoms with Gasteiger partial charge >= 0.3 is 0 Å². The van der Waals surface area contributed by atoms with Crippen LogP contribution in [0.3, 0.4) is 0 Å². The van der Waals surface area contributed by atoms with E-state index in [2.05, 4.69) is 6.58 Å². The van der Waals surface area contributed by atoms with E-state index in [-0.39, 0.29) is 22.6 Å². The van der Waals surface area contributed by atoms with Gasteiger partial charge in [0.25, 0.3) is 0 Å². The van der Waals surface area contributed by atoms with E-state index in [0.29, 0.717) is 10.8 Å². The summed E-state index contributed by atoms with van der Waals surface area (Å²) in [7, 11) is 0. The molecule has 0 saturated carbocycles. The minimum absolute atomic E-state index is 0.0450. The number of phenols is 3. The minimum atomic E-state index is -0.309. The van der Waals surface area contributed by atoms with Crippen molar-refractivity contribution in [3.05, 3.63) is 48.5 Å². The SMILES string of the molecule is C=Cc1cccc2cc3ccc(O)c(O)c3c(O)c12. The van der Waals surface area contributed by atoms with Crippen LogP contribution in [0.5, 0.6) is 17.2 Å². The molecule has 0 saturated heterocycles. The van der Waals surface area contributed by atoms with Crippen LogP contribution in [-0.2, 0) is 0 Å². The highest BCUT2D eigenvalue weighted by Crippen LogP contribution is 2.43. The third kappa shape index (κ3) is 1.52. The summed E-state index contributed by atoms with van der Waals surface area (Å²) in [4.78, 5) is 0. The molecule has 0 bridgehead atoms. The molecule has 0 amide bonds. The first-order valence-corrected chi connectivity index (χ1v) is 5.85. The highest BCUT2D eigenvalue weighted by atomic mass is 16.3.